The number of nitrogens with zero attached hydrogens (tertiary/aromatic N) is 2. The van der Waals surface area contributed by atoms with Gasteiger partial charge in [0.05, 0.1) is 17.7 Å². The van der Waals surface area contributed by atoms with Gasteiger partial charge in [0, 0.05) is 17.8 Å². The van der Waals surface area contributed by atoms with Crippen molar-refractivity contribution in [3.63, 3.8) is 0 Å². The van der Waals surface area contributed by atoms with Crippen LogP contribution in [0.4, 0.5) is 18.9 Å². The lowest BCUT2D eigenvalue weighted by Crippen LogP contribution is -2.38. The van der Waals surface area contributed by atoms with Crippen LogP contribution in [0.3, 0.4) is 0 Å². The van der Waals surface area contributed by atoms with Gasteiger partial charge >= 0.3 is 6.18 Å². The minimum atomic E-state index is -4.45. The fourth-order valence-electron chi connectivity index (χ4n) is 2.13. The van der Waals surface area contributed by atoms with Crippen LogP contribution in [0.15, 0.2) is 41.1 Å². The first kappa shape index (κ1) is 16.1. The van der Waals surface area contributed by atoms with Gasteiger partial charge in [-0.3, -0.25) is 4.79 Å². The van der Waals surface area contributed by atoms with Crippen molar-refractivity contribution in [2.45, 2.75) is 32.5 Å². The molecular weight excluding hydrogens is 297 g/mol. The zero-order chi connectivity index (χ0) is 16.3. The van der Waals surface area contributed by atoms with Crippen molar-refractivity contribution in [1.29, 1.82) is 0 Å². The van der Waals surface area contributed by atoms with E-state index in [2.05, 4.69) is 9.68 Å². The number of hydrogen-bond acceptors (Lipinski definition) is 3. The van der Waals surface area contributed by atoms with Crippen molar-refractivity contribution in [3.8, 4) is 0 Å². The number of carbonyl (C=O) groups excluding carboxylic acids is 1. The Kier molecular flexibility index (Phi) is 4.54. The van der Waals surface area contributed by atoms with Crippen LogP contribution < -0.4 is 4.90 Å². The summed E-state index contributed by atoms with van der Waals surface area (Å²) in [5.74, 6) is -0.344. The summed E-state index contributed by atoms with van der Waals surface area (Å²) in [4.78, 5) is 13.7. The largest absolute Gasteiger partial charge is 0.416 e. The molecule has 22 heavy (non-hydrogen) atoms. The second-order valence-electron chi connectivity index (χ2n) is 5.07. The predicted molar refractivity (Wildman–Crippen MR) is 74.3 cm³/mol. The third kappa shape index (κ3) is 3.66. The van der Waals surface area contributed by atoms with Gasteiger partial charge < -0.3 is 9.42 Å². The summed E-state index contributed by atoms with van der Waals surface area (Å²) in [6, 6.07) is 5.98. The second kappa shape index (κ2) is 6.21. The Morgan fingerprint density at radius 2 is 2.05 bits per heavy atom. The maximum absolute atomic E-state index is 12.8. The Morgan fingerprint density at radius 1 is 1.32 bits per heavy atom. The molecule has 1 aromatic carbocycles. The van der Waals surface area contributed by atoms with Crippen LogP contribution in [0, 0.1) is 0 Å². The number of rotatable bonds is 4. The topological polar surface area (TPSA) is 46.3 Å². The number of hydrogen-bond donors (Lipinski definition) is 0. The summed E-state index contributed by atoms with van der Waals surface area (Å²) in [5.41, 5.74) is -0.147. The van der Waals surface area contributed by atoms with Gasteiger partial charge in [-0.2, -0.15) is 13.2 Å². The predicted octanol–water partition coefficient (Wildman–Crippen LogP) is 3.68. The Bertz CT molecular complexity index is 636. The van der Waals surface area contributed by atoms with E-state index in [1.165, 1.54) is 23.3 Å². The summed E-state index contributed by atoms with van der Waals surface area (Å²) >= 11 is 0. The molecule has 0 aliphatic carbocycles. The fourth-order valence-corrected chi connectivity index (χ4v) is 2.13. The van der Waals surface area contributed by atoms with E-state index in [0.29, 0.717) is 5.69 Å². The van der Waals surface area contributed by atoms with Crippen LogP contribution >= 0.6 is 0 Å². The molecule has 4 nitrogen and oxygen atoms in total. The number of aromatic nitrogens is 1. The van der Waals surface area contributed by atoms with Crippen molar-refractivity contribution in [2.75, 3.05) is 4.90 Å². The van der Waals surface area contributed by atoms with Crippen LogP contribution in [-0.2, 0) is 17.4 Å². The molecule has 0 atom stereocenters. The molecule has 1 amide bonds. The first-order valence-electron chi connectivity index (χ1n) is 6.67. The zero-order valence-corrected chi connectivity index (χ0v) is 12.1. The normalized spacial score (nSPS) is 11.7. The summed E-state index contributed by atoms with van der Waals surface area (Å²) in [7, 11) is 0. The molecule has 0 aliphatic rings. The fraction of sp³-hybridized carbons (Fsp3) is 0.333. The third-order valence-electron chi connectivity index (χ3n) is 3.06. The van der Waals surface area contributed by atoms with E-state index in [0.717, 1.165) is 12.1 Å². The molecule has 0 saturated carbocycles. The molecule has 1 heterocycles. The van der Waals surface area contributed by atoms with Gasteiger partial charge in [-0.1, -0.05) is 11.2 Å². The van der Waals surface area contributed by atoms with Crippen LogP contribution in [0.5, 0.6) is 0 Å². The van der Waals surface area contributed by atoms with E-state index in [1.807, 2.05) is 0 Å². The summed E-state index contributed by atoms with van der Waals surface area (Å²) < 4.78 is 43.1. The molecule has 2 rings (SSSR count). The van der Waals surface area contributed by atoms with Crippen molar-refractivity contribution < 1.29 is 22.5 Å². The quantitative estimate of drug-likeness (QED) is 0.865. The van der Waals surface area contributed by atoms with E-state index in [-0.39, 0.29) is 24.1 Å². The average Bonchev–Trinajstić information content (AvgIpc) is 2.90. The highest BCUT2D eigenvalue weighted by Crippen LogP contribution is 2.32. The summed E-state index contributed by atoms with van der Waals surface area (Å²) in [6.45, 7) is 3.47. The molecule has 0 N–H and O–H groups in total. The first-order valence-corrected chi connectivity index (χ1v) is 6.67. The van der Waals surface area contributed by atoms with Gasteiger partial charge in [-0.15, -0.1) is 0 Å². The molecule has 0 spiro atoms. The number of carbonyl (C=O) groups is 1. The van der Waals surface area contributed by atoms with Gasteiger partial charge in [0.15, 0.2) is 0 Å². The molecule has 0 saturated heterocycles. The van der Waals surface area contributed by atoms with Crippen LogP contribution in [-0.4, -0.2) is 17.1 Å². The Labute approximate surface area is 125 Å². The SMILES string of the molecule is CC(C)N(C(=O)Cc1ccon1)c1cccc(C(F)(F)F)c1. The van der Waals surface area contributed by atoms with Crippen LogP contribution in [0.2, 0.25) is 0 Å². The lowest BCUT2D eigenvalue weighted by molar-refractivity contribution is -0.137. The van der Waals surface area contributed by atoms with Crippen molar-refractivity contribution in [2.24, 2.45) is 0 Å². The van der Waals surface area contributed by atoms with E-state index in [9.17, 15) is 18.0 Å². The van der Waals surface area contributed by atoms with E-state index in [4.69, 9.17) is 0 Å². The van der Waals surface area contributed by atoms with Crippen molar-refractivity contribution in [3.05, 3.63) is 47.9 Å². The summed E-state index contributed by atoms with van der Waals surface area (Å²) in [6.07, 6.45) is -3.15. The number of anilines is 1. The van der Waals surface area contributed by atoms with Crippen LogP contribution in [0.25, 0.3) is 0 Å². The standard InChI is InChI=1S/C15H15F3N2O2/c1-10(2)20(14(21)9-12-6-7-22-19-12)13-5-3-4-11(8-13)15(16,17)18/h3-8,10H,9H2,1-2H3. The lowest BCUT2D eigenvalue weighted by Gasteiger charge is -2.27. The molecule has 0 fully saturated rings. The number of halogens is 3. The van der Waals surface area contributed by atoms with Gasteiger partial charge in [-0.05, 0) is 32.0 Å². The Balaban J connectivity index is 2.30. The second-order valence-corrected chi connectivity index (χ2v) is 5.07. The minimum Gasteiger partial charge on any atom is -0.364 e. The smallest absolute Gasteiger partial charge is 0.364 e. The minimum absolute atomic E-state index is 0.0368. The third-order valence-corrected chi connectivity index (χ3v) is 3.06. The monoisotopic (exact) mass is 312 g/mol. The highest BCUT2D eigenvalue weighted by molar-refractivity contribution is 5.95. The first-order chi connectivity index (χ1) is 10.3. The molecule has 0 radical (unpaired) electrons. The van der Waals surface area contributed by atoms with E-state index >= 15 is 0 Å². The maximum atomic E-state index is 12.8. The van der Waals surface area contributed by atoms with E-state index < -0.39 is 11.7 Å². The summed E-state index contributed by atoms with van der Waals surface area (Å²) in [5, 5.41) is 3.65. The Hall–Kier alpha value is -2.31. The van der Waals surface area contributed by atoms with Gasteiger partial charge in [0.25, 0.3) is 0 Å². The number of alkyl halides is 3. The molecule has 7 heteroatoms. The number of amides is 1. The Morgan fingerprint density at radius 3 is 2.59 bits per heavy atom. The molecule has 0 unspecified atom stereocenters. The molecule has 0 aliphatic heterocycles. The molecule has 2 aromatic rings. The van der Waals surface area contributed by atoms with Crippen LogP contribution in [0.1, 0.15) is 25.1 Å². The maximum Gasteiger partial charge on any atom is 0.416 e. The highest BCUT2D eigenvalue weighted by atomic mass is 19.4. The zero-order valence-electron chi connectivity index (χ0n) is 12.1. The van der Waals surface area contributed by atoms with Crippen molar-refractivity contribution >= 4 is 11.6 Å². The van der Waals surface area contributed by atoms with E-state index in [1.54, 1.807) is 19.9 Å². The van der Waals surface area contributed by atoms with Gasteiger partial charge in [0.2, 0.25) is 5.91 Å². The highest BCUT2D eigenvalue weighted by Gasteiger charge is 2.31. The van der Waals surface area contributed by atoms with Crippen molar-refractivity contribution in [1.82, 2.24) is 5.16 Å². The number of benzene rings is 1. The van der Waals surface area contributed by atoms with Gasteiger partial charge in [-0.25, -0.2) is 0 Å². The lowest BCUT2D eigenvalue weighted by atomic mass is 10.1. The van der Waals surface area contributed by atoms with Gasteiger partial charge in [0.1, 0.15) is 6.26 Å². The molecule has 1 aromatic heterocycles. The molecule has 118 valence electrons. The molecular formula is C15H15F3N2O2. The molecule has 0 bridgehead atoms. The average molecular weight is 312 g/mol.